The Balaban J connectivity index is 2.05. The Kier molecular flexibility index (Phi) is 6.98. The molecule has 2 amide bonds. The maximum absolute atomic E-state index is 12.4. The van der Waals surface area contributed by atoms with E-state index in [0.29, 0.717) is 17.9 Å². The van der Waals surface area contributed by atoms with Gasteiger partial charge in [0.05, 0.1) is 26.9 Å². The summed E-state index contributed by atoms with van der Waals surface area (Å²) < 4.78 is 5.25. The lowest BCUT2D eigenvalue weighted by Gasteiger charge is -2.11. The summed E-state index contributed by atoms with van der Waals surface area (Å²) in [6.45, 7) is 1.49. The van der Waals surface area contributed by atoms with Crippen molar-refractivity contribution >= 4 is 17.9 Å². The van der Waals surface area contributed by atoms with Crippen LogP contribution in [0.5, 0.6) is 0 Å². The van der Waals surface area contributed by atoms with Gasteiger partial charge < -0.3 is 20.0 Å². The first-order chi connectivity index (χ1) is 12.1. The van der Waals surface area contributed by atoms with E-state index in [1.807, 2.05) is 6.07 Å². The zero-order valence-corrected chi connectivity index (χ0v) is 14.5. The molecule has 132 valence electrons. The fraction of sp³-hybridized carbons (Fsp3) is 0.263. The Morgan fingerprint density at radius 1 is 1.12 bits per heavy atom. The Morgan fingerprint density at radius 3 is 2.52 bits per heavy atom. The highest BCUT2D eigenvalue weighted by Crippen LogP contribution is 2.07. The zero-order chi connectivity index (χ0) is 18.1. The average molecular weight is 342 g/mol. The summed E-state index contributed by atoms with van der Waals surface area (Å²) in [7, 11) is 4.12. The quantitative estimate of drug-likeness (QED) is 0.488. The van der Waals surface area contributed by atoms with Gasteiger partial charge >= 0.3 is 0 Å². The number of benzene rings is 1. The number of nitrogens with one attached hydrogen (secondary N) is 3. The van der Waals surface area contributed by atoms with E-state index in [2.05, 4.69) is 24.7 Å². The van der Waals surface area contributed by atoms with E-state index in [4.69, 9.17) is 4.42 Å². The fourth-order valence-electron chi connectivity index (χ4n) is 2.20. The molecule has 6 nitrogen and oxygen atoms in total. The molecule has 0 atom stereocenters. The van der Waals surface area contributed by atoms with Crippen LogP contribution < -0.4 is 15.5 Å². The topological polar surface area (TPSA) is 75.8 Å². The van der Waals surface area contributed by atoms with E-state index >= 15 is 0 Å². The smallest absolute Gasteiger partial charge is 0.267 e. The molecule has 2 aromatic rings. The Morgan fingerprint density at radius 2 is 1.88 bits per heavy atom. The fourth-order valence-corrected chi connectivity index (χ4v) is 2.20. The van der Waals surface area contributed by atoms with Crippen molar-refractivity contribution in [3.8, 4) is 0 Å². The van der Waals surface area contributed by atoms with Gasteiger partial charge in [-0.05, 0) is 24.3 Å². The van der Waals surface area contributed by atoms with E-state index in [9.17, 15) is 9.59 Å². The molecular weight excluding hydrogens is 318 g/mol. The van der Waals surface area contributed by atoms with Crippen molar-refractivity contribution in [3.05, 3.63) is 65.7 Å². The van der Waals surface area contributed by atoms with Crippen molar-refractivity contribution in [2.24, 2.45) is 0 Å². The maximum Gasteiger partial charge on any atom is 0.267 e. The zero-order valence-electron chi connectivity index (χ0n) is 14.5. The molecule has 1 aromatic heterocycles. The largest absolute Gasteiger partial charge is 0.465 e. The second-order valence-electron chi connectivity index (χ2n) is 5.96. The van der Waals surface area contributed by atoms with Crippen molar-refractivity contribution in [2.75, 3.05) is 27.2 Å². The van der Waals surface area contributed by atoms with Crippen LogP contribution in [-0.2, 0) is 4.79 Å². The normalized spacial score (nSPS) is 11.4. The first-order valence-electron chi connectivity index (χ1n) is 8.25. The van der Waals surface area contributed by atoms with Crippen LogP contribution in [0.4, 0.5) is 0 Å². The average Bonchev–Trinajstić information content (AvgIpc) is 3.11. The molecule has 1 heterocycles. The minimum Gasteiger partial charge on any atom is -0.465 e. The molecule has 0 bridgehead atoms. The maximum atomic E-state index is 12.4. The van der Waals surface area contributed by atoms with Gasteiger partial charge in [-0.1, -0.05) is 18.2 Å². The molecule has 0 saturated carbocycles. The molecule has 0 fully saturated rings. The molecule has 6 heteroatoms. The highest BCUT2D eigenvalue weighted by atomic mass is 16.3. The summed E-state index contributed by atoms with van der Waals surface area (Å²) in [6, 6.07) is 12.2. The Bertz CT molecular complexity index is 707. The summed E-state index contributed by atoms with van der Waals surface area (Å²) in [6.07, 6.45) is 3.89. The van der Waals surface area contributed by atoms with Crippen LogP contribution in [-0.4, -0.2) is 39.0 Å². The van der Waals surface area contributed by atoms with Crippen LogP contribution in [0.3, 0.4) is 0 Å². The highest BCUT2D eigenvalue weighted by molar-refractivity contribution is 6.05. The third kappa shape index (κ3) is 6.27. The SMILES string of the molecule is C[NH+](C)CCCNC(=O)/C(=C\c1ccco1)NC(=O)c1ccccc1. The van der Waals surface area contributed by atoms with Gasteiger partial charge in [0.25, 0.3) is 11.8 Å². The molecule has 0 unspecified atom stereocenters. The monoisotopic (exact) mass is 342 g/mol. The van der Waals surface area contributed by atoms with Crippen LogP contribution in [0.1, 0.15) is 22.5 Å². The van der Waals surface area contributed by atoms with Gasteiger partial charge in [-0.3, -0.25) is 9.59 Å². The van der Waals surface area contributed by atoms with Gasteiger partial charge in [0.2, 0.25) is 0 Å². The molecule has 25 heavy (non-hydrogen) atoms. The molecule has 0 spiro atoms. The van der Waals surface area contributed by atoms with Crippen LogP contribution in [0.15, 0.2) is 58.8 Å². The second-order valence-corrected chi connectivity index (χ2v) is 5.96. The summed E-state index contributed by atoms with van der Waals surface area (Å²) in [5.74, 6) is -0.183. The number of rotatable bonds is 8. The summed E-state index contributed by atoms with van der Waals surface area (Å²) in [5, 5.41) is 5.50. The summed E-state index contributed by atoms with van der Waals surface area (Å²) in [5.41, 5.74) is 0.637. The Labute approximate surface area is 147 Å². The molecule has 3 N–H and O–H groups in total. The van der Waals surface area contributed by atoms with Crippen molar-refractivity contribution < 1.29 is 18.9 Å². The van der Waals surface area contributed by atoms with Crippen molar-refractivity contribution in [1.82, 2.24) is 10.6 Å². The lowest BCUT2D eigenvalue weighted by atomic mass is 10.2. The number of hydrogen-bond donors (Lipinski definition) is 3. The molecule has 0 aliphatic carbocycles. The van der Waals surface area contributed by atoms with Gasteiger partial charge in [0.1, 0.15) is 11.5 Å². The number of quaternary nitrogens is 1. The first-order valence-corrected chi connectivity index (χ1v) is 8.25. The Hall–Kier alpha value is -2.86. The molecule has 0 aliphatic rings. The molecule has 0 radical (unpaired) electrons. The third-order valence-electron chi connectivity index (χ3n) is 3.50. The minimum absolute atomic E-state index is 0.154. The van der Waals surface area contributed by atoms with Crippen LogP contribution in [0, 0.1) is 0 Å². The summed E-state index contributed by atoms with van der Waals surface area (Å²) in [4.78, 5) is 26.1. The van der Waals surface area contributed by atoms with E-state index in [-0.39, 0.29) is 17.5 Å². The summed E-state index contributed by atoms with van der Waals surface area (Å²) >= 11 is 0. The molecule has 0 saturated heterocycles. The molecule has 1 aromatic carbocycles. The van der Waals surface area contributed by atoms with Crippen molar-refractivity contribution in [1.29, 1.82) is 0 Å². The van der Waals surface area contributed by atoms with Gasteiger partial charge in [-0.2, -0.15) is 0 Å². The third-order valence-corrected chi connectivity index (χ3v) is 3.50. The van der Waals surface area contributed by atoms with E-state index in [1.165, 1.54) is 17.2 Å². The molecule has 0 aliphatic heterocycles. The van der Waals surface area contributed by atoms with Crippen molar-refractivity contribution in [2.45, 2.75) is 6.42 Å². The van der Waals surface area contributed by atoms with Crippen LogP contribution in [0.2, 0.25) is 0 Å². The first kappa shape index (κ1) is 18.5. The lowest BCUT2D eigenvalue weighted by molar-refractivity contribution is -0.858. The highest BCUT2D eigenvalue weighted by Gasteiger charge is 2.15. The lowest BCUT2D eigenvalue weighted by Crippen LogP contribution is -3.05. The standard InChI is InChI=1S/C19H23N3O3/c1-22(2)12-7-11-20-19(24)17(14-16-10-6-13-25-16)21-18(23)15-8-4-3-5-9-15/h3-6,8-10,13-14H,7,11-12H2,1-2H3,(H,20,24)(H,21,23)/p+1/b17-14+. The van der Waals surface area contributed by atoms with Gasteiger partial charge in [0.15, 0.2) is 0 Å². The van der Waals surface area contributed by atoms with Gasteiger partial charge in [-0.25, -0.2) is 0 Å². The number of amides is 2. The van der Waals surface area contributed by atoms with E-state index < -0.39 is 0 Å². The van der Waals surface area contributed by atoms with E-state index in [1.54, 1.807) is 36.4 Å². The number of carbonyl (C=O) groups is 2. The number of hydrogen-bond acceptors (Lipinski definition) is 3. The number of furan rings is 1. The predicted molar refractivity (Wildman–Crippen MR) is 95.9 cm³/mol. The predicted octanol–water partition coefficient (Wildman–Crippen LogP) is 0.701. The van der Waals surface area contributed by atoms with Gasteiger partial charge in [0, 0.05) is 24.6 Å². The van der Waals surface area contributed by atoms with Crippen LogP contribution in [0.25, 0.3) is 6.08 Å². The second kappa shape index (κ2) is 9.44. The van der Waals surface area contributed by atoms with E-state index in [0.717, 1.165) is 13.0 Å². The van der Waals surface area contributed by atoms with Gasteiger partial charge in [-0.15, -0.1) is 0 Å². The van der Waals surface area contributed by atoms with Crippen molar-refractivity contribution in [3.63, 3.8) is 0 Å². The van der Waals surface area contributed by atoms with Crippen LogP contribution >= 0.6 is 0 Å². The molecule has 2 rings (SSSR count). The molecular formula is C19H24N3O3+. The minimum atomic E-state index is -0.341. The number of carbonyl (C=O) groups excluding carboxylic acids is 2.